The largest absolute Gasteiger partial charge is 0.417 e. The highest BCUT2D eigenvalue weighted by Gasteiger charge is 2.41. The summed E-state index contributed by atoms with van der Waals surface area (Å²) in [5, 5.41) is -1.09. The highest BCUT2D eigenvalue weighted by Crippen LogP contribution is 2.38. The number of imide groups is 1. The predicted molar refractivity (Wildman–Crippen MR) is 78.9 cm³/mol. The molecular weight excluding hydrogens is 341 g/mol. The van der Waals surface area contributed by atoms with Gasteiger partial charge >= 0.3 is 6.18 Å². The molecule has 9 heteroatoms. The highest BCUT2D eigenvalue weighted by atomic mass is 35.5. The van der Waals surface area contributed by atoms with Crippen molar-refractivity contribution in [2.45, 2.75) is 17.8 Å². The Hall–Kier alpha value is -1.25. The van der Waals surface area contributed by atoms with Crippen molar-refractivity contribution in [3.63, 3.8) is 0 Å². The topological polar surface area (TPSA) is 63.4 Å². The van der Waals surface area contributed by atoms with Crippen molar-refractivity contribution in [3.8, 4) is 0 Å². The maximum atomic E-state index is 12.9. The number of nitrogens with zero attached hydrogens (tertiary/aromatic N) is 1. The molecule has 22 heavy (non-hydrogen) atoms. The van der Waals surface area contributed by atoms with Gasteiger partial charge in [-0.1, -0.05) is 11.6 Å². The average Bonchev–Trinajstić information content (AvgIpc) is 2.71. The molecule has 0 radical (unpaired) electrons. The summed E-state index contributed by atoms with van der Waals surface area (Å²) in [5.41, 5.74) is 4.15. The molecule has 0 spiro atoms. The fourth-order valence-electron chi connectivity index (χ4n) is 2.09. The first-order valence-electron chi connectivity index (χ1n) is 6.31. The summed E-state index contributed by atoms with van der Waals surface area (Å²) in [5.74, 6) is -0.569. The zero-order valence-electron chi connectivity index (χ0n) is 11.2. The van der Waals surface area contributed by atoms with Crippen molar-refractivity contribution in [2.75, 3.05) is 17.2 Å². The van der Waals surface area contributed by atoms with Gasteiger partial charge < -0.3 is 5.73 Å². The summed E-state index contributed by atoms with van der Waals surface area (Å²) in [7, 11) is 0. The van der Waals surface area contributed by atoms with E-state index < -0.39 is 33.8 Å². The number of carbonyl (C=O) groups is 2. The Bertz CT molecular complexity index is 609. The van der Waals surface area contributed by atoms with E-state index in [1.165, 1.54) is 17.8 Å². The number of carbonyl (C=O) groups excluding carboxylic acids is 2. The molecule has 2 N–H and O–H groups in total. The first-order valence-corrected chi connectivity index (χ1v) is 7.73. The van der Waals surface area contributed by atoms with Crippen LogP contribution in [0.5, 0.6) is 0 Å². The van der Waals surface area contributed by atoms with Crippen molar-refractivity contribution in [2.24, 2.45) is 5.73 Å². The third-order valence-corrected chi connectivity index (χ3v) is 4.63. The van der Waals surface area contributed by atoms with E-state index in [0.29, 0.717) is 18.4 Å². The summed E-state index contributed by atoms with van der Waals surface area (Å²) < 4.78 is 38.6. The Kier molecular flexibility index (Phi) is 5.03. The molecule has 0 saturated carbocycles. The second-order valence-corrected chi connectivity index (χ2v) is 6.30. The summed E-state index contributed by atoms with van der Waals surface area (Å²) in [6, 6.07) is 2.97. The van der Waals surface area contributed by atoms with Crippen LogP contribution < -0.4 is 10.6 Å². The fraction of sp³-hybridized carbons (Fsp3) is 0.385. The van der Waals surface area contributed by atoms with Crippen LogP contribution in [-0.4, -0.2) is 29.4 Å². The van der Waals surface area contributed by atoms with Crippen LogP contribution in [-0.2, 0) is 15.8 Å². The second kappa shape index (κ2) is 6.47. The molecule has 4 nitrogen and oxygen atoms in total. The van der Waals surface area contributed by atoms with Gasteiger partial charge in [-0.2, -0.15) is 13.2 Å². The zero-order valence-corrected chi connectivity index (χ0v) is 12.8. The average molecular weight is 353 g/mol. The molecule has 1 heterocycles. The van der Waals surface area contributed by atoms with Gasteiger partial charge in [-0.05, 0) is 18.2 Å². The lowest BCUT2D eigenvalue weighted by Crippen LogP contribution is -2.31. The van der Waals surface area contributed by atoms with Gasteiger partial charge in [-0.3, -0.25) is 9.59 Å². The molecule has 2 rings (SSSR count). The monoisotopic (exact) mass is 352 g/mol. The van der Waals surface area contributed by atoms with Crippen LogP contribution in [0, 0.1) is 0 Å². The lowest BCUT2D eigenvalue weighted by Gasteiger charge is -2.17. The minimum absolute atomic E-state index is 0.0481. The number of nitrogens with two attached hydrogens (primary N) is 1. The van der Waals surface area contributed by atoms with Crippen LogP contribution in [0.25, 0.3) is 0 Å². The van der Waals surface area contributed by atoms with Gasteiger partial charge in [-0.25, -0.2) is 4.90 Å². The molecule has 1 aromatic rings. The van der Waals surface area contributed by atoms with Crippen molar-refractivity contribution >= 4 is 40.9 Å². The van der Waals surface area contributed by atoms with Crippen LogP contribution in [0.15, 0.2) is 18.2 Å². The van der Waals surface area contributed by atoms with E-state index >= 15 is 0 Å². The second-order valence-electron chi connectivity index (χ2n) is 4.58. The number of benzene rings is 1. The minimum atomic E-state index is -4.66. The van der Waals surface area contributed by atoms with Gasteiger partial charge in [0.1, 0.15) is 0 Å². The van der Waals surface area contributed by atoms with Crippen LogP contribution in [0.3, 0.4) is 0 Å². The Morgan fingerprint density at radius 1 is 1.36 bits per heavy atom. The van der Waals surface area contributed by atoms with Gasteiger partial charge in [0.15, 0.2) is 0 Å². The predicted octanol–water partition coefficient (Wildman–Crippen LogP) is 2.68. The molecule has 1 aliphatic rings. The Labute approximate surface area is 133 Å². The Balaban J connectivity index is 2.32. The molecule has 1 aromatic carbocycles. The van der Waals surface area contributed by atoms with Crippen LogP contribution in [0.4, 0.5) is 18.9 Å². The molecule has 120 valence electrons. The smallest absolute Gasteiger partial charge is 0.330 e. The molecule has 2 amide bonds. The molecule has 1 atom stereocenters. The molecule has 0 bridgehead atoms. The van der Waals surface area contributed by atoms with E-state index in [9.17, 15) is 22.8 Å². The van der Waals surface area contributed by atoms with E-state index in [0.717, 1.165) is 11.0 Å². The quantitative estimate of drug-likeness (QED) is 0.846. The number of hydrogen-bond donors (Lipinski definition) is 1. The summed E-state index contributed by atoms with van der Waals surface area (Å²) >= 11 is 6.75. The number of hydrogen-bond acceptors (Lipinski definition) is 4. The third kappa shape index (κ3) is 3.39. The Morgan fingerprint density at radius 2 is 2.05 bits per heavy atom. The van der Waals surface area contributed by atoms with Gasteiger partial charge in [0.2, 0.25) is 11.8 Å². The standard InChI is InChI=1S/C13H12ClF3N2O2S/c14-9-2-1-7(5-8(9)13(15,16)17)19-11(20)6-10(12(19)21)22-4-3-18/h1-2,5,10H,3-4,6,18H2. The lowest BCUT2D eigenvalue weighted by atomic mass is 10.2. The van der Waals surface area contributed by atoms with Crippen LogP contribution >= 0.6 is 23.4 Å². The first-order chi connectivity index (χ1) is 10.3. The maximum Gasteiger partial charge on any atom is 0.417 e. The molecule has 0 aromatic heterocycles. The lowest BCUT2D eigenvalue weighted by molar-refractivity contribution is -0.137. The number of halogens is 4. The highest BCUT2D eigenvalue weighted by molar-refractivity contribution is 8.00. The van der Waals surface area contributed by atoms with Gasteiger partial charge in [0.05, 0.1) is 21.5 Å². The summed E-state index contributed by atoms with van der Waals surface area (Å²) in [6.45, 7) is 0.349. The summed E-state index contributed by atoms with van der Waals surface area (Å²) in [4.78, 5) is 24.9. The zero-order chi connectivity index (χ0) is 16.5. The SMILES string of the molecule is NCCSC1CC(=O)N(c2ccc(Cl)c(C(F)(F)F)c2)C1=O. The maximum absolute atomic E-state index is 12.9. The van der Waals surface area contributed by atoms with Crippen molar-refractivity contribution in [3.05, 3.63) is 28.8 Å². The first kappa shape index (κ1) is 17.1. The Morgan fingerprint density at radius 3 is 2.64 bits per heavy atom. The van der Waals surface area contributed by atoms with Crippen LogP contribution in [0.1, 0.15) is 12.0 Å². The van der Waals surface area contributed by atoms with E-state index in [2.05, 4.69) is 0 Å². The number of anilines is 1. The van der Waals surface area contributed by atoms with E-state index in [1.807, 2.05) is 0 Å². The van der Waals surface area contributed by atoms with Crippen molar-refractivity contribution in [1.82, 2.24) is 0 Å². The van der Waals surface area contributed by atoms with Gasteiger partial charge in [-0.15, -0.1) is 11.8 Å². The van der Waals surface area contributed by atoms with Gasteiger partial charge in [0, 0.05) is 18.7 Å². The molecule has 1 saturated heterocycles. The molecular formula is C13H12ClF3N2O2S. The van der Waals surface area contributed by atoms with E-state index in [-0.39, 0.29) is 12.1 Å². The molecule has 1 aliphatic heterocycles. The minimum Gasteiger partial charge on any atom is -0.330 e. The molecule has 1 fully saturated rings. The van der Waals surface area contributed by atoms with Crippen LogP contribution in [0.2, 0.25) is 5.02 Å². The number of alkyl halides is 3. The normalized spacial score (nSPS) is 19.1. The number of rotatable bonds is 4. The van der Waals surface area contributed by atoms with E-state index in [4.69, 9.17) is 17.3 Å². The third-order valence-electron chi connectivity index (χ3n) is 3.06. The molecule has 1 unspecified atom stereocenters. The van der Waals surface area contributed by atoms with Crippen molar-refractivity contribution < 1.29 is 22.8 Å². The van der Waals surface area contributed by atoms with Crippen molar-refractivity contribution in [1.29, 1.82) is 0 Å². The number of thioether (sulfide) groups is 1. The number of amides is 2. The van der Waals surface area contributed by atoms with E-state index in [1.54, 1.807) is 0 Å². The summed E-state index contributed by atoms with van der Waals surface area (Å²) in [6.07, 6.45) is -4.71. The van der Waals surface area contributed by atoms with Gasteiger partial charge in [0.25, 0.3) is 0 Å². The fourth-order valence-corrected chi connectivity index (χ4v) is 3.24. The molecule has 0 aliphatic carbocycles.